The van der Waals surface area contributed by atoms with Crippen LogP contribution in [0.1, 0.15) is 12.0 Å². The Morgan fingerprint density at radius 3 is 2.61 bits per heavy atom. The lowest BCUT2D eigenvalue weighted by atomic mass is 10.1. The van der Waals surface area contributed by atoms with E-state index in [2.05, 4.69) is 10.3 Å². The molecule has 1 saturated heterocycles. The van der Waals surface area contributed by atoms with Crippen molar-refractivity contribution in [1.29, 1.82) is 0 Å². The second-order valence-corrected chi connectivity index (χ2v) is 7.90. The van der Waals surface area contributed by atoms with E-state index in [4.69, 9.17) is 0 Å². The molecule has 0 radical (unpaired) electrons. The van der Waals surface area contributed by atoms with Gasteiger partial charge < -0.3 is 14.6 Å². The van der Waals surface area contributed by atoms with Crippen molar-refractivity contribution in [3.63, 3.8) is 0 Å². The summed E-state index contributed by atoms with van der Waals surface area (Å²) < 4.78 is 1.99. The number of hydrogen-bond donors (Lipinski definition) is 1. The number of amides is 2. The van der Waals surface area contributed by atoms with Gasteiger partial charge in [-0.3, -0.25) is 9.59 Å². The van der Waals surface area contributed by atoms with E-state index in [-0.39, 0.29) is 24.2 Å². The third kappa shape index (κ3) is 3.80. The van der Waals surface area contributed by atoms with Crippen LogP contribution in [-0.4, -0.2) is 27.7 Å². The molecular weight excluding hydrogens is 388 g/mol. The highest BCUT2D eigenvalue weighted by molar-refractivity contribution is 6.03. The second kappa shape index (κ2) is 7.72. The van der Waals surface area contributed by atoms with E-state index >= 15 is 0 Å². The van der Waals surface area contributed by atoms with Gasteiger partial charge in [-0.05, 0) is 48.9 Å². The lowest BCUT2D eigenvalue weighted by Gasteiger charge is -2.16. The molecule has 1 aliphatic rings. The minimum absolute atomic E-state index is 0.0243. The fraction of sp³-hybridized carbons (Fsp3) is 0.160. The highest BCUT2D eigenvalue weighted by Gasteiger charge is 2.35. The van der Waals surface area contributed by atoms with E-state index in [0.29, 0.717) is 12.2 Å². The molecule has 1 N–H and O–H groups in total. The molecule has 154 valence electrons. The van der Waals surface area contributed by atoms with E-state index in [9.17, 15) is 9.59 Å². The van der Waals surface area contributed by atoms with Crippen LogP contribution in [0.2, 0.25) is 0 Å². The molecule has 2 aromatic carbocycles. The number of nitrogens with zero attached hydrogens (tertiary/aromatic N) is 3. The summed E-state index contributed by atoms with van der Waals surface area (Å²) in [5.41, 5.74) is 5.46. The van der Waals surface area contributed by atoms with Gasteiger partial charge in [-0.25, -0.2) is 4.98 Å². The largest absolute Gasteiger partial charge is 0.326 e. The molecule has 3 heterocycles. The highest BCUT2D eigenvalue weighted by Crippen LogP contribution is 2.26. The van der Waals surface area contributed by atoms with Gasteiger partial charge in [0.15, 0.2) is 0 Å². The zero-order valence-corrected chi connectivity index (χ0v) is 17.2. The van der Waals surface area contributed by atoms with E-state index in [1.54, 1.807) is 4.90 Å². The van der Waals surface area contributed by atoms with Gasteiger partial charge in [0.25, 0.3) is 0 Å². The van der Waals surface area contributed by atoms with Crippen molar-refractivity contribution in [3.05, 3.63) is 84.7 Å². The Balaban J connectivity index is 1.27. The molecule has 4 aromatic rings. The topological polar surface area (TPSA) is 66.7 Å². The molecule has 6 heteroatoms. The molecule has 1 fully saturated rings. The number of fused-ring (bicyclic) bond motifs is 1. The lowest BCUT2D eigenvalue weighted by Crippen LogP contribution is -2.28. The van der Waals surface area contributed by atoms with Gasteiger partial charge in [0.05, 0.1) is 11.6 Å². The summed E-state index contributed by atoms with van der Waals surface area (Å²) in [7, 11) is 0. The monoisotopic (exact) mass is 410 g/mol. The van der Waals surface area contributed by atoms with Crippen molar-refractivity contribution in [3.8, 4) is 11.3 Å². The van der Waals surface area contributed by atoms with Gasteiger partial charge in [0, 0.05) is 42.3 Å². The van der Waals surface area contributed by atoms with E-state index in [1.807, 2.05) is 90.4 Å². The quantitative estimate of drug-likeness (QED) is 0.545. The minimum Gasteiger partial charge on any atom is -0.326 e. The molecule has 5 rings (SSSR count). The van der Waals surface area contributed by atoms with Gasteiger partial charge in [-0.2, -0.15) is 0 Å². The maximum absolute atomic E-state index is 12.7. The van der Waals surface area contributed by atoms with Crippen LogP contribution in [0.5, 0.6) is 0 Å². The summed E-state index contributed by atoms with van der Waals surface area (Å²) in [6.07, 6.45) is 4.21. The van der Waals surface area contributed by atoms with Crippen molar-refractivity contribution in [1.82, 2.24) is 9.38 Å². The number of carbonyl (C=O) groups is 2. The summed E-state index contributed by atoms with van der Waals surface area (Å²) >= 11 is 0. The molecule has 0 unspecified atom stereocenters. The molecule has 1 aliphatic heterocycles. The van der Waals surface area contributed by atoms with Crippen LogP contribution in [0, 0.1) is 12.8 Å². The van der Waals surface area contributed by atoms with Crippen LogP contribution in [0.3, 0.4) is 0 Å². The number of hydrogen-bond acceptors (Lipinski definition) is 3. The van der Waals surface area contributed by atoms with E-state index in [1.165, 1.54) is 5.56 Å². The van der Waals surface area contributed by atoms with Crippen LogP contribution in [0.4, 0.5) is 11.4 Å². The average Bonchev–Trinajstić information content (AvgIpc) is 3.38. The van der Waals surface area contributed by atoms with E-state index < -0.39 is 0 Å². The van der Waals surface area contributed by atoms with Gasteiger partial charge in [0.1, 0.15) is 5.65 Å². The maximum Gasteiger partial charge on any atom is 0.229 e. The number of para-hydroxylation sites is 1. The molecule has 0 bridgehead atoms. The average molecular weight is 410 g/mol. The molecule has 0 spiro atoms. The Morgan fingerprint density at radius 1 is 1.06 bits per heavy atom. The SMILES string of the molecule is Cc1ccn2cc(-c3ccc(NC(=O)[C@H]4CC(=O)N(c5ccccc5)C4)cc3)nc2c1. The third-order valence-corrected chi connectivity index (χ3v) is 5.63. The predicted octanol–water partition coefficient (Wildman–Crippen LogP) is 4.30. The van der Waals surface area contributed by atoms with Crippen molar-refractivity contribution >= 4 is 28.8 Å². The molecule has 2 amide bonds. The van der Waals surface area contributed by atoms with Crippen LogP contribution < -0.4 is 10.2 Å². The Morgan fingerprint density at radius 2 is 1.84 bits per heavy atom. The highest BCUT2D eigenvalue weighted by atomic mass is 16.2. The first-order valence-corrected chi connectivity index (χ1v) is 10.3. The Labute approximate surface area is 180 Å². The normalized spacial score (nSPS) is 16.1. The minimum atomic E-state index is -0.367. The molecule has 2 aromatic heterocycles. The summed E-state index contributed by atoms with van der Waals surface area (Å²) in [5.74, 6) is -0.527. The van der Waals surface area contributed by atoms with Gasteiger partial charge >= 0.3 is 0 Å². The van der Waals surface area contributed by atoms with Crippen molar-refractivity contribution in [2.75, 3.05) is 16.8 Å². The summed E-state index contributed by atoms with van der Waals surface area (Å²) in [5, 5.41) is 2.95. The maximum atomic E-state index is 12.7. The molecule has 0 aliphatic carbocycles. The second-order valence-electron chi connectivity index (χ2n) is 7.90. The number of benzene rings is 2. The summed E-state index contributed by atoms with van der Waals surface area (Å²) in [4.78, 5) is 31.5. The fourth-order valence-electron chi connectivity index (χ4n) is 3.93. The first-order chi connectivity index (χ1) is 15.1. The summed E-state index contributed by atoms with van der Waals surface area (Å²) in [6, 6.07) is 21.2. The van der Waals surface area contributed by atoms with Crippen LogP contribution in [0.15, 0.2) is 79.1 Å². The van der Waals surface area contributed by atoms with Crippen molar-refractivity contribution in [2.45, 2.75) is 13.3 Å². The van der Waals surface area contributed by atoms with Gasteiger partial charge in [0.2, 0.25) is 11.8 Å². The molecule has 6 nitrogen and oxygen atoms in total. The van der Waals surface area contributed by atoms with E-state index in [0.717, 1.165) is 22.6 Å². The smallest absolute Gasteiger partial charge is 0.229 e. The predicted molar refractivity (Wildman–Crippen MR) is 121 cm³/mol. The first kappa shape index (κ1) is 19.1. The van der Waals surface area contributed by atoms with Crippen LogP contribution in [0.25, 0.3) is 16.9 Å². The molecule has 1 atom stereocenters. The number of rotatable bonds is 4. The summed E-state index contributed by atoms with van der Waals surface area (Å²) in [6.45, 7) is 2.44. The number of aromatic nitrogens is 2. The standard InChI is InChI=1S/C25H22N4O2/c1-17-11-12-28-16-22(27-23(28)13-17)18-7-9-20(10-8-18)26-25(31)19-14-24(30)29(15-19)21-5-3-2-4-6-21/h2-13,16,19H,14-15H2,1H3,(H,26,31)/t19-/m0/s1. The molecular formula is C25H22N4O2. The fourth-order valence-corrected chi connectivity index (χ4v) is 3.93. The number of nitrogens with one attached hydrogen (secondary N) is 1. The number of anilines is 2. The number of carbonyl (C=O) groups excluding carboxylic acids is 2. The van der Waals surface area contributed by atoms with Crippen molar-refractivity contribution < 1.29 is 9.59 Å². The van der Waals surface area contributed by atoms with Crippen molar-refractivity contribution in [2.24, 2.45) is 5.92 Å². The third-order valence-electron chi connectivity index (χ3n) is 5.63. The van der Waals surface area contributed by atoms with Crippen LogP contribution in [-0.2, 0) is 9.59 Å². The molecule has 0 saturated carbocycles. The Hall–Kier alpha value is -3.93. The molecule has 31 heavy (non-hydrogen) atoms. The lowest BCUT2D eigenvalue weighted by molar-refractivity contribution is -0.122. The van der Waals surface area contributed by atoms with Crippen LogP contribution >= 0.6 is 0 Å². The number of aryl methyl sites for hydroxylation is 1. The van der Waals surface area contributed by atoms with Gasteiger partial charge in [-0.15, -0.1) is 0 Å². The zero-order chi connectivity index (χ0) is 21.4. The Bertz CT molecular complexity index is 1260. The zero-order valence-electron chi connectivity index (χ0n) is 17.2. The Kier molecular flexibility index (Phi) is 4.75. The number of imidazole rings is 1. The number of pyridine rings is 1. The van der Waals surface area contributed by atoms with Gasteiger partial charge in [-0.1, -0.05) is 30.3 Å². The first-order valence-electron chi connectivity index (χ1n) is 10.3.